The van der Waals surface area contributed by atoms with Crippen molar-refractivity contribution >= 4 is 11.6 Å². The van der Waals surface area contributed by atoms with Crippen molar-refractivity contribution in [2.24, 2.45) is 0 Å². The largest absolute Gasteiger partial charge is 0.378 e. The lowest BCUT2D eigenvalue weighted by Gasteiger charge is -2.21. The molecule has 0 unspecified atom stereocenters. The van der Waals surface area contributed by atoms with Gasteiger partial charge in [0.15, 0.2) is 0 Å². The maximum atomic E-state index is 13.5. The third-order valence-electron chi connectivity index (χ3n) is 3.73. The molecule has 20 heavy (non-hydrogen) atoms. The van der Waals surface area contributed by atoms with E-state index in [1.54, 1.807) is 12.1 Å². The Balaban J connectivity index is 1.55. The molecule has 0 amide bonds. The van der Waals surface area contributed by atoms with E-state index in [9.17, 15) is 4.39 Å². The van der Waals surface area contributed by atoms with Crippen LogP contribution in [-0.2, 0) is 11.3 Å². The fourth-order valence-corrected chi connectivity index (χ4v) is 2.73. The van der Waals surface area contributed by atoms with Gasteiger partial charge in [-0.3, -0.25) is 0 Å². The molecule has 0 radical (unpaired) electrons. The lowest BCUT2D eigenvalue weighted by Crippen LogP contribution is -2.21. The minimum Gasteiger partial charge on any atom is -0.378 e. The fourth-order valence-electron chi connectivity index (χ4n) is 2.57. The summed E-state index contributed by atoms with van der Waals surface area (Å²) in [6, 6.07) is 4.79. The van der Waals surface area contributed by atoms with E-state index >= 15 is 0 Å². The van der Waals surface area contributed by atoms with Gasteiger partial charge in [-0.1, -0.05) is 36.9 Å². The van der Waals surface area contributed by atoms with Crippen LogP contribution in [0.1, 0.15) is 44.1 Å². The van der Waals surface area contributed by atoms with Gasteiger partial charge in [0.2, 0.25) is 0 Å². The Labute approximate surface area is 125 Å². The van der Waals surface area contributed by atoms with Crippen molar-refractivity contribution in [2.75, 3.05) is 13.2 Å². The molecule has 0 atom stereocenters. The third kappa shape index (κ3) is 5.39. The van der Waals surface area contributed by atoms with E-state index in [2.05, 4.69) is 5.32 Å². The van der Waals surface area contributed by atoms with Crippen LogP contribution in [0.3, 0.4) is 0 Å². The van der Waals surface area contributed by atoms with Gasteiger partial charge in [0.05, 0.1) is 6.10 Å². The molecule has 1 aromatic rings. The molecule has 4 heteroatoms. The number of benzene rings is 1. The van der Waals surface area contributed by atoms with Crippen LogP contribution in [0, 0.1) is 5.82 Å². The molecule has 1 fully saturated rings. The molecular formula is C16H23ClFNO. The Morgan fingerprint density at radius 1 is 1.25 bits per heavy atom. The van der Waals surface area contributed by atoms with Gasteiger partial charge in [-0.15, -0.1) is 0 Å². The maximum absolute atomic E-state index is 13.5. The Bertz CT molecular complexity index is 407. The van der Waals surface area contributed by atoms with Gasteiger partial charge in [0, 0.05) is 23.7 Å². The second-order valence-corrected chi connectivity index (χ2v) is 5.83. The minimum atomic E-state index is -0.247. The summed E-state index contributed by atoms with van der Waals surface area (Å²) in [5.41, 5.74) is 0.655. The van der Waals surface area contributed by atoms with Gasteiger partial charge < -0.3 is 10.1 Å². The quantitative estimate of drug-likeness (QED) is 0.758. The number of halogens is 2. The van der Waals surface area contributed by atoms with E-state index in [-0.39, 0.29) is 5.82 Å². The van der Waals surface area contributed by atoms with Gasteiger partial charge in [0.25, 0.3) is 0 Å². The normalized spacial score (nSPS) is 16.5. The molecule has 2 rings (SSSR count). The summed E-state index contributed by atoms with van der Waals surface area (Å²) in [5.74, 6) is -0.247. The average molecular weight is 300 g/mol. The van der Waals surface area contributed by atoms with Gasteiger partial charge >= 0.3 is 0 Å². The molecule has 1 aliphatic carbocycles. The smallest absolute Gasteiger partial charge is 0.129 e. The summed E-state index contributed by atoms with van der Waals surface area (Å²) in [6.07, 6.45) is 7.82. The number of rotatable bonds is 7. The predicted octanol–water partition coefficient (Wildman–Crippen LogP) is 4.31. The average Bonchev–Trinajstić information content (AvgIpc) is 2.46. The highest BCUT2D eigenvalue weighted by Gasteiger charge is 2.12. The summed E-state index contributed by atoms with van der Waals surface area (Å²) >= 11 is 5.72. The molecule has 0 spiro atoms. The molecule has 0 aliphatic heterocycles. The van der Waals surface area contributed by atoms with E-state index < -0.39 is 0 Å². The zero-order chi connectivity index (χ0) is 14.2. The number of hydrogen-bond donors (Lipinski definition) is 1. The molecule has 0 heterocycles. The van der Waals surface area contributed by atoms with Crippen molar-refractivity contribution in [1.29, 1.82) is 0 Å². The molecule has 1 aliphatic rings. The summed E-state index contributed by atoms with van der Waals surface area (Å²) in [6.45, 7) is 2.17. The van der Waals surface area contributed by atoms with Crippen molar-refractivity contribution in [1.82, 2.24) is 5.32 Å². The molecule has 1 saturated carbocycles. The van der Waals surface area contributed by atoms with Crippen molar-refractivity contribution in [3.63, 3.8) is 0 Å². The van der Waals surface area contributed by atoms with E-state index in [1.165, 1.54) is 38.2 Å². The topological polar surface area (TPSA) is 21.3 Å². The van der Waals surface area contributed by atoms with E-state index in [0.29, 0.717) is 23.2 Å². The van der Waals surface area contributed by atoms with Crippen LogP contribution in [0.25, 0.3) is 0 Å². The fraction of sp³-hybridized carbons (Fsp3) is 0.625. The highest BCUT2D eigenvalue weighted by molar-refractivity contribution is 6.30. The zero-order valence-corrected chi connectivity index (χ0v) is 12.6. The van der Waals surface area contributed by atoms with Crippen LogP contribution in [0.15, 0.2) is 18.2 Å². The first kappa shape index (κ1) is 15.7. The lowest BCUT2D eigenvalue weighted by atomic mass is 9.98. The number of ether oxygens (including phenoxy) is 1. The van der Waals surface area contributed by atoms with Gasteiger partial charge in [-0.25, -0.2) is 4.39 Å². The molecule has 0 aromatic heterocycles. The van der Waals surface area contributed by atoms with Crippen LogP contribution < -0.4 is 5.32 Å². The molecular weight excluding hydrogens is 277 g/mol. The maximum Gasteiger partial charge on any atom is 0.129 e. The molecule has 0 bridgehead atoms. The Morgan fingerprint density at radius 3 is 2.80 bits per heavy atom. The Morgan fingerprint density at radius 2 is 2.05 bits per heavy atom. The van der Waals surface area contributed by atoms with Crippen molar-refractivity contribution in [2.45, 2.75) is 51.2 Å². The van der Waals surface area contributed by atoms with Crippen LogP contribution >= 0.6 is 11.6 Å². The number of nitrogens with one attached hydrogen (secondary N) is 1. The SMILES string of the molecule is Fc1cc(Cl)ccc1CNCCCOC1CCCCC1. The van der Waals surface area contributed by atoms with Crippen LogP contribution in [0.4, 0.5) is 4.39 Å². The summed E-state index contributed by atoms with van der Waals surface area (Å²) in [5, 5.41) is 3.67. The minimum absolute atomic E-state index is 0.247. The van der Waals surface area contributed by atoms with Crippen molar-refractivity contribution in [3.8, 4) is 0 Å². The van der Waals surface area contributed by atoms with Gasteiger partial charge in [0.1, 0.15) is 5.82 Å². The van der Waals surface area contributed by atoms with Crippen molar-refractivity contribution in [3.05, 3.63) is 34.6 Å². The predicted molar refractivity (Wildman–Crippen MR) is 80.6 cm³/mol. The highest BCUT2D eigenvalue weighted by Crippen LogP contribution is 2.20. The van der Waals surface area contributed by atoms with Crippen LogP contribution in [0.5, 0.6) is 0 Å². The van der Waals surface area contributed by atoms with E-state index in [1.807, 2.05) is 0 Å². The van der Waals surface area contributed by atoms with Gasteiger partial charge in [-0.05, 0) is 37.9 Å². The summed E-state index contributed by atoms with van der Waals surface area (Å²) in [4.78, 5) is 0. The lowest BCUT2D eigenvalue weighted by molar-refractivity contribution is 0.0273. The van der Waals surface area contributed by atoms with E-state index in [4.69, 9.17) is 16.3 Å². The second kappa shape index (κ2) is 8.60. The summed E-state index contributed by atoms with van der Waals surface area (Å²) < 4.78 is 19.4. The van der Waals surface area contributed by atoms with E-state index in [0.717, 1.165) is 19.6 Å². The number of hydrogen-bond acceptors (Lipinski definition) is 2. The molecule has 2 nitrogen and oxygen atoms in total. The monoisotopic (exact) mass is 299 g/mol. The zero-order valence-electron chi connectivity index (χ0n) is 11.8. The van der Waals surface area contributed by atoms with Crippen LogP contribution in [0.2, 0.25) is 5.02 Å². The molecule has 1 aromatic carbocycles. The first-order valence-corrected chi connectivity index (χ1v) is 7.90. The van der Waals surface area contributed by atoms with Crippen LogP contribution in [-0.4, -0.2) is 19.3 Å². The second-order valence-electron chi connectivity index (χ2n) is 5.40. The molecule has 0 saturated heterocycles. The first-order chi connectivity index (χ1) is 9.75. The first-order valence-electron chi connectivity index (χ1n) is 7.52. The third-order valence-corrected chi connectivity index (χ3v) is 3.97. The summed E-state index contributed by atoms with van der Waals surface area (Å²) in [7, 11) is 0. The molecule has 1 N–H and O–H groups in total. The van der Waals surface area contributed by atoms with Gasteiger partial charge in [-0.2, -0.15) is 0 Å². The Kier molecular flexibility index (Phi) is 6.77. The van der Waals surface area contributed by atoms with Crippen molar-refractivity contribution < 1.29 is 9.13 Å². The standard InChI is InChI=1S/C16H23ClFNO/c17-14-8-7-13(16(18)11-14)12-19-9-4-10-20-15-5-2-1-3-6-15/h7-8,11,15,19H,1-6,9-10,12H2. The molecule has 112 valence electrons. The Hall–Kier alpha value is -0.640. The highest BCUT2D eigenvalue weighted by atomic mass is 35.5.